The summed E-state index contributed by atoms with van der Waals surface area (Å²) in [5.41, 5.74) is 2.23. The van der Waals surface area contributed by atoms with Crippen molar-refractivity contribution in [3.05, 3.63) is 50.1 Å². The van der Waals surface area contributed by atoms with Gasteiger partial charge in [0.15, 0.2) is 0 Å². The highest BCUT2D eigenvalue weighted by Gasteiger charge is 2.06. The van der Waals surface area contributed by atoms with Gasteiger partial charge in [-0.15, -0.1) is 11.3 Å². The maximum absolute atomic E-state index is 10.6. The molecule has 2 rings (SSSR count). The fourth-order valence-electron chi connectivity index (χ4n) is 1.73. The third kappa shape index (κ3) is 3.81. The average Bonchev–Trinajstić information content (AvgIpc) is 2.78. The van der Waals surface area contributed by atoms with E-state index in [-0.39, 0.29) is 6.42 Å². The fraction of sp³-hybridized carbons (Fsp3) is 0.214. The van der Waals surface area contributed by atoms with Crippen molar-refractivity contribution in [3.8, 4) is 0 Å². The summed E-state index contributed by atoms with van der Waals surface area (Å²) in [6.45, 7) is 2.75. The van der Waals surface area contributed by atoms with E-state index in [4.69, 9.17) is 5.11 Å². The molecule has 2 N–H and O–H groups in total. The van der Waals surface area contributed by atoms with E-state index < -0.39 is 5.97 Å². The maximum atomic E-state index is 10.6. The fourth-order valence-corrected chi connectivity index (χ4v) is 3.08. The van der Waals surface area contributed by atoms with Gasteiger partial charge < -0.3 is 10.4 Å². The topological polar surface area (TPSA) is 49.3 Å². The molecule has 0 aliphatic rings. The zero-order valence-electron chi connectivity index (χ0n) is 10.4. The second kappa shape index (κ2) is 6.21. The molecule has 0 aliphatic carbocycles. The number of aliphatic carboxylic acids is 1. The summed E-state index contributed by atoms with van der Waals surface area (Å²) in [6, 6.07) is 9.92. The number of hydrogen-bond acceptors (Lipinski definition) is 3. The highest BCUT2D eigenvalue weighted by molar-refractivity contribution is 9.10. The Kier molecular flexibility index (Phi) is 4.61. The van der Waals surface area contributed by atoms with Crippen LogP contribution in [0.5, 0.6) is 0 Å². The molecular formula is C14H14BrNO2S. The Balaban J connectivity index is 2.00. The normalized spacial score (nSPS) is 10.4. The minimum atomic E-state index is -0.789. The molecule has 0 fully saturated rings. The quantitative estimate of drug-likeness (QED) is 0.863. The van der Waals surface area contributed by atoms with Crippen LogP contribution >= 0.6 is 27.3 Å². The molecule has 0 spiro atoms. The highest BCUT2D eigenvalue weighted by Crippen LogP contribution is 2.27. The van der Waals surface area contributed by atoms with E-state index in [1.54, 1.807) is 0 Å². The van der Waals surface area contributed by atoms with Gasteiger partial charge in [0.25, 0.3) is 0 Å². The molecule has 100 valence electrons. The molecule has 0 saturated heterocycles. The van der Waals surface area contributed by atoms with Crippen LogP contribution in [0.2, 0.25) is 0 Å². The molecule has 0 bridgehead atoms. The first-order valence-corrected chi connectivity index (χ1v) is 7.45. The van der Waals surface area contributed by atoms with E-state index >= 15 is 0 Å². The Morgan fingerprint density at radius 1 is 1.32 bits per heavy atom. The number of carboxylic acids is 1. The Morgan fingerprint density at radius 3 is 2.79 bits per heavy atom. The number of rotatable bonds is 5. The van der Waals surface area contributed by atoms with E-state index in [0.29, 0.717) is 6.54 Å². The van der Waals surface area contributed by atoms with Crippen molar-refractivity contribution in [2.75, 3.05) is 5.32 Å². The first-order chi connectivity index (χ1) is 9.06. The van der Waals surface area contributed by atoms with Crippen molar-refractivity contribution < 1.29 is 9.90 Å². The van der Waals surface area contributed by atoms with Crippen LogP contribution in [0, 0.1) is 6.92 Å². The van der Waals surface area contributed by atoms with Crippen LogP contribution in [0.25, 0.3) is 0 Å². The van der Waals surface area contributed by atoms with Gasteiger partial charge in [-0.25, -0.2) is 0 Å². The smallest absolute Gasteiger partial charge is 0.308 e. The predicted octanol–water partition coefficient (Wildman–Crippen LogP) is 4.06. The Morgan fingerprint density at radius 2 is 2.05 bits per heavy atom. The van der Waals surface area contributed by atoms with Crippen LogP contribution in [-0.4, -0.2) is 11.1 Å². The van der Waals surface area contributed by atoms with Gasteiger partial charge in [0.2, 0.25) is 0 Å². The SMILES string of the molecule is Cc1cccc(NCc2ccc(CC(=O)O)s2)c1Br. The molecule has 1 aromatic heterocycles. The lowest BCUT2D eigenvalue weighted by Gasteiger charge is -2.09. The minimum Gasteiger partial charge on any atom is -0.481 e. The van der Waals surface area contributed by atoms with Crippen LogP contribution in [-0.2, 0) is 17.8 Å². The van der Waals surface area contributed by atoms with Crippen molar-refractivity contribution in [2.45, 2.75) is 19.9 Å². The van der Waals surface area contributed by atoms with Crippen molar-refractivity contribution in [2.24, 2.45) is 0 Å². The van der Waals surface area contributed by atoms with Crippen molar-refractivity contribution >= 4 is 38.9 Å². The summed E-state index contributed by atoms with van der Waals surface area (Å²) >= 11 is 5.09. The largest absolute Gasteiger partial charge is 0.481 e. The molecule has 0 saturated carbocycles. The molecule has 0 amide bonds. The molecule has 0 atom stereocenters. The summed E-state index contributed by atoms with van der Waals surface area (Å²) in [5.74, 6) is -0.789. The second-order valence-electron chi connectivity index (χ2n) is 4.23. The molecule has 3 nitrogen and oxygen atoms in total. The molecule has 0 aliphatic heterocycles. The van der Waals surface area contributed by atoms with Crippen LogP contribution in [0.15, 0.2) is 34.8 Å². The molecule has 0 unspecified atom stereocenters. The molecule has 5 heteroatoms. The van der Waals surface area contributed by atoms with Crippen LogP contribution in [0.1, 0.15) is 15.3 Å². The van der Waals surface area contributed by atoms with Crippen LogP contribution in [0.4, 0.5) is 5.69 Å². The summed E-state index contributed by atoms with van der Waals surface area (Å²) in [5, 5.41) is 12.1. The van der Waals surface area contributed by atoms with Gasteiger partial charge in [0.1, 0.15) is 0 Å². The summed E-state index contributed by atoms with van der Waals surface area (Å²) in [6.07, 6.45) is 0.0960. The number of hydrogen-bond donors (Lipinski definition) is 2. The zero-order valence-corrected chi connectivity index (χ0v) is 12.8. The Labute approximate surface area is 124 Å². The van der Waals surface area contributed by atoms with E-state index in [0.717, 1.165) is 19.9 Å². The highest BCUT2D eigenvalue weighted by atomic mass is 79.9. The summed E-state index contributed by atoms with van der Waals surface area (Å²) in [7, 11) is 0. The van der Waals surface area contributed by atoms with Gasteiger partial charge in [-0.1, -0.05) is 12.1 Å². The number of anilines is 1. The molecule has 1 aromatic carbocycles. The lowest BCUT2D eigenvalue weighted by Crippen LogP contribution is -1.99. The van der Waals surface area contributed by atoms with Gasteiger partial charge in [-0.3, -0.25) is 4.79 Å². The zero-order chi connectivity index (χ0) is 13.8. The number of benzene rings is 1. The molecule has 2 aromatic rings. The minimum absolute atomic E-state index is 0.0960. The summed E-state index contributed by atoms with van der Waals surface area (Å²) < 4.78 is 1.07. The molecule has 19 heavy (non-hydrogen) atoms. The van der Waals surface area contributed by atoms with E-state index in [2.05, 4.69) is 21.2 Å². The summed E-state index contributed by atoms with van der Waals surface area (Å²) in [4.78, 5) is 12.6. The van der Waals surface area contributed by atoms with E-state index in [9.17, 15) is 4.79 Å². The van der Waals surface area contributed by atoms with Crippen molar-refractivity contribution in [1.29, 1.82) is 0 Å². The van der Waals surface area contributed by atoms with E-state index in [1.165, 1.54) is 16.9 Å². The predicted molar refractivity (Wildman–Crippen MR) is 81.9 cm³/mol. The number of carbonyl (C=O) groups is 1. The average molecular weight is 340 g/mol. The van der Waals surface area contributed by atoms with Crippen molar-refractivity contribution in [1.82, 2.24) is 0 Å². The first-order valence-electron chi connectivity index (χ1n) is 5.84. The van der Waals surface area contributed by atoms with Gasteiger partial charge in [0.05, 0.1) is 6.42 Å². The number of carboxylic acid groups (broad SMARTS) is 1. The van der Waals surface area contributed by atoms with E-state index in [1.807, 2.05) is 37.3 Å². The second-order valence-corrected chi connectivity index (χ2v) is 6.27. The third-order valence-electron chi connectivity index (χ3n) is 2.69. The first kappa shape index (κ1) is 14.1. The van der Waals surface area contributed by atoms with Gasteiger partial charge in [-0.05, 0) is 46.6 Å². The maximum Gasteiger partial charge on any atom is 0.308 e. The number of halogens is 1. The van der Waals surface area contributed by atoms with Gasteiger partial charge >= 0.3 is 5.97 Å². The molecular weight excluding hydrogens is 326 g/mol. The third-order valence-corrected chi connectivity index (χ3v) is 4.83. The lowest BCUT2D eigenvalue weighted by atomic mass is 10.2. The molecule has 0 radical (unpaired) electrons. The van der Waals surface area contributed by atoms with Crippen LogP contribution in [0.3, 0.4) is 0 Å². The van der Waals surface area contributed by atoms with Gasteiger partial charge in [0, 0.05) is 26.5 Å². The Hall–Kier alpha value is -1.33. The number of nitrogens with one attached hydrogen (secondary N) is 1. The monoisotopic (exact) mass is 339 g/mol. The number of aryl methyl sites for hydroxylation is 1. The Bertz CT molecular complexity index is 595. The number of thiophene rings is 1. The standard InChI is InChI=1S/C14H14BrNO2S/c1-9-3-2-4-12(14(9)15)16-8-11-6-5-10(19-11)7-13(17)18/h2-6,16H,7-8H2,1H3,(H,17,18). The van der Waals surface area contributed by atoms with Crippen LogP contribution < -0.4 is 5.32 Å². The van der Waals surface area contributed by atoms with Gasteiger partial charge in [-0.2, -0.15) is 0 Å². The van der Waals surface area contributed by atoms with Crippen molar-refractivity contribution in [3.63, 3.8) is 0 Å². The lowest BCUT2D eigenvalue weighted by molar-refractivity contribution is -0.136. The molecule has 1 heterocycles.